The summed E-state index contributed by atoms with van der Waals surface area (Å²) in [6, 6.07) is 5.03. The highest BCUT2D eigenvalue weighted by Gasteiger charge is 2.19. The van der Waals surface area contributed by atoms with Gasteiger partial charge in [-0.25, -0.2) is 4.39 Å². The molecule has 0 radical (unpaired) electrons. The van der Waals surface area contributed by atoms with E-state index in [0.29, 0.717) is 5.92 Å². The van der Waals surface area contributed by atoms with E-state index < -0.39 is 0 Å². The molecule has 0 aliphatic carbocycles. The van der Waals surface area contributed by atoms with Crippen LogP contribution in [0.25, 0.3) is 0 Å². The number of benzene rings is 1. The van der Waals surface area contributed by atoms with Crippen LogP contribution in [0.15, 0.2) is 18.2 Å². The standard InChI is InChI=1S/C14H21FN2O/c15-13-8-12(3-4-14(13)16)10-17-6-1-2-11(9-17)5-7-18/h3-4,8,11,18H,1-2,5-7,9-10,16H2. The Balaban J connectivity index is 1.93. The highest BCUT2D eigenvalue weighted by Crippen LogP contribution is 2.21. The summed E-state index contributed by atoms with van der Waals surface area (Å²) < 4.78 is 13.4. The number of nitrogens with zero attached hydrogens (tertiary/aromatic N) is 1. The molecule has 1 saturated heterocycles. The highest BCUT2D eigenvalue weighted by atomic mass is 19.1. The summed E-state index contributed by atoms with van der Waals surface area (Å²) in [5.74, 6) is 0.235. The van der Waals surface area contributed by atoms with E-state index in [9.17, 15) is 4.39 Å². The molecule has 100 valence electrons. The fraction of sp³-hybridized carbons (Fsp3) is 0.571. The van der Waals surface area contributed by atoms with Gasteiger partial charge in [-0.3, -0.25) is 4.90 Å². The highest BCUT2D eigenvalue weighted by molar-refractivity contribution is 5.41. The summed E-state index contributed by atoms with van der Waals surface area (Å²) in [5.41, 5.74) is 6.64. The molecular weight excluding hydrogens is 231 g/mol. The minimum atomic E-state index is -0.337. The number of piperidine rings is 1. The largest absolute Gasteiger partial charge is 0.396 e. The summed E-state index contributed by atoms with van der Waals surface area (Å²) in [6.07, 6.45) is 3.21. The van der Waals surface area contributed by atoms with Crippen molar-refractivity contribution in [2.24, 2.45) is 5.92 Å². The monoisotopic (exact) mass is 252 g/mol. The number of rotatable bonds is 4. The minimum absolute atomic E-state index is 0.204. The fourth-order valence-electron chi connectivity index (χ4n) is 2.64. The average molecular weight is 252 g/mol. The van der Waals surface area contributed by atoms with Crippen LogP contribution in [0.1, 0.15) is 24.8 Å². The summed E-state index contributed by atoms with van der Waals surface area (Å²) in [5, 5.41) is 8.98. The van der Waals surface area contributed by atoms with Gasteiger partial charge in [0.2, 0.25) is 0 Å². The van der Waals surface area contributed by atoms with E-state index in [2.05, 4.69) is 4.90 Å². The molecule has 1 aliphatic rings. The molecule has 4 heteroatoms. The van der Waals surface area contributed by atoms with Crippen molar-refractivity contribution in [1.82, 2.24) is 4.90 Å². The number of halogens is 1. The van der Waals surface area contributed by atoms with E-state index in [1.807, 2.05) is 6.07 Å². The minimum Gasteiger partial charge on any atom is -0.396 e. The molecular formula is C14H21FN2O. The molecule has 0 spiro atoms. The van der Waals surface area contributed by atoms with Crippen molar-refractivity contribution in [3.05, 3.63) is 29.6 Å². The number of nitrogen functional groups attached to an aromatic ring is 1. The Morgan fingerprint density at radius 3 is 3.00 bits per heavy atom. The lowest BCUT2D eigenvalue weighted by atomic mass is 9.95. The van der Waals surface area contributed by atoms with Crippen LogP contribution in [-0.2, 0) is 6.54 Å². The summed E-state index contributed by atoms with van der Waals surface area (Å²) in [6.45, 7) is 3.06. The zero-order valence-electron chi connectivity index (χ0n) is 10.6. The van der Waals surface area contributed by atoms with Crippen molar-refractivity contribution < 1.29 is 9.50 Å². The molecule has 18 heavy (non-hydrogen) atoms. The van der Waals surface area contributed by atoms with Crippen molar-refractivity contribution >= 4 is 5.69 Å². The molecule has 1 aromatic carbocycles. The Hall–Kier alpha value is -1.13. The average Bonchev–Trinajstić information content (AvgIpc) is 2.35. The lowest BCUT2D eigenvalue weighted by molar-refractivity contribution is 0.142. The van der Waals surface area contributed by atoms with Crippen molar-refractivity contribution in [2.45, 2.75) is 25.8 Å². The molecule has 1 fully saturated rings. The molecule has 3 nitrogen and oxygen atoms in total. The zero-order chi connectivity index (χ0) is 13.0. The lowest BCUT2D eigenvalue weighted by Gasteiger charge is -2.32. The topological polar surface area (TPSA) is 49.5 Å². The van der Waals surface area contributed by atoms with Gasteiger partial charge < -0.3 is 10.8 Å². The van der Waals surface area contributed by atoms with Crippen molar-refractivity contribution in [3.8, 4) is 0 Å². The maximum Gasteiger partial charge on any atom is 0.146 e. The number of likely N-dealkylation sites (tertiary alicyclic amines) is 1. The Kier molecular flexibility index (Phi) is 4.55. The quantitative estimate of drug-likeness (QED) is 0.806. The summed E-state index contributed by atoms with van der Waals surface area (Å²) in [4.78, 5) is 2.33. The number of hydrogen-bond donors (Lipinski definition) is 2. The first-order chi connectivity index (χ1) is 8.69. The number of hydrogen-bond acceptors (Lipinski definition) is 3. The van der Waals surface area contributed by atoms with E-state index in [0.717, 1.165) is 38.0 Å². The van der Waals surface area contributed by atoms with Crippen LogP contribution in [-0.4, -0.2) is 29.7 Å². The predicted molar refractivity (Wildman–Crippen MR) is 70.5 cm³/mol. The third-order valence-corrected chi connectivity index (χ3v) is 3.61. The Labute approximate surface area is 107 Å². The number of aliphatic hydroxyl groups excluding tert-OH is 1. The Morgan fingerprint density at radius 1 is 1.44 bits per heavy atom. The predicted octanol–water partition coefficient (Wildman–Crippen LogP) is 2.00. The molecule has 1 atom stereocenters. The van der Waals surface area contributed by atoms with Crippen LogP contribution in [0.2, 0.25) is 0 Å². The van der Waals surface area contributed by atoms with E-state index in [1.165, 1.54) is 12.5 Å². The number of nitrogens with two attached hydrogens (primary N) is 1. The first-order valence-electron chi connectivity index (χ1n) is 6.56. The first kappa shape index (κ1) is 13.3. The van der Waals surface area contributed by atoms with E-state index in [4.69, 9.17) is 10.8 Å². The van der Waals surface area contributed by atoms with Gasteiger partial charge in [-0.05, 0) is 49.4 Å². The van der Waals surface area contributed by atoms with Crippen LogP contribution >= 0.6 is 0 Å². The van der Waals surface area contributed by atoms with Crippen LogP contribution in [0.3, 0.4) is 0 Å². The van der Waals surface area contributed by atoms with Gasteiger partial charge in [0.1, 0.15) is 5.82 Å². The number of aliphatic hydroxyl groups is 1. The molecule has 3 N–H and O–H groups in total. The van der Waals surface area contributed by atoms with E-state index in [-0.39, 0.29) is 18.1 Å². The second-order valence-electron chi connectivity index (χ2n) is 5.11. The van der Waals surface area contributed by atoms with Gasteiger partial charge in [-0.2, -0.15) is 0 Å². The fourth-order valence-corrected chi connectivity index (χ4v) is 2.64. The normalized spacial score (nSPS) is 21.1. The second kappa shape index (κ2) is 6.16. The molecule has 0 amide bonds. The first-order valence-corrected chi connectivity index (χ1v) is 6.56. The van der Waals surface area contributed by atoms with Crippen LogP contribution in [0, 0.1) is 11.7 Å². The second-order valence-corrected chi connectivity index (χ2v) is 5.11. The molecule has 0 bridgehead atoms. The van der Waals surface area contributed by atoms with Gasteiger partial charge in [0, 0.05) is 19.7 Å². The molecule has 1 aromatic rings. The Morgan fingerprint density at radius 2 is 2.28 bits per heavy atom. The van der Waals surface area contributed by atoms with Crippen LogP contribution in [0.4, 0.5) is 10.1 Å². The van der Waals surface area contributed by atoms with Crippen molar-refractivity contribution in [1.29, 1.82) is 0 Å². The zero-order valence-corrected chi connectivity index (χ0v) is 10.6. The van der Waals surface area contributed by atoms with Crippen molar-refractivity contribution in [3.63, 3.8) is 0 Å². The smallest absolute Gasteiger partial charge is 0.146 e. The van der Waals surface area contributed by atoms with Crippen molar-refractivity contribution in [2.75, 3.05) is 25.4 Å². The van der Waals surface area contributed by atoms with Gasteiger partial charge in [0.05, 0.1) is 5.69 Å². The van der Waals surface area contributed by atoms with E-state index >= 15 is 0 Å². The van der Waals surface area contributed by atoms with Gasteiger partial charge >= 0.3 is 0 Å². The molecule has 2 rings (SSSR count). The Bertz CT molecular complexity index is 395. The van der Waals surface area contributed by atoms with Gasteiger partial charge in [-0.15, -0.1) is 0 Å². The lowest BCUT2D eigenvalue weighted by Crippen LogP contribution is -2.35. The molecule has 1 heterocycles. The van der Waals surface area contributed by atoms with E-state index in [1.54, 1.807) is 6.07 Å². The van der Waals surface area contributed by atoms with Gasteiger partial charge in [0.25, 0.3) is 0 Å². The maximum atomic E-state index is 13.4. The van der Waals surface area contributed by atoms with Crippen LogP contribution < -0.4 is 5.73 Å². The van der Waals surface area contributed by atoms with Gasteiger partial charge in [-0.1, -0.05) is 6.07 Å². The molecule has 0 saturated carbocycles. The third-order valence-electron chi connectivity index (χ3n) is 3.61. The van der Waals surface area contributed by atoms with Gasteiger partial charge in [0.15, 0.2) is 0 Å². The maximum absolute atomic E-state index is 13.4. The summed E-state index contributed by atoms with van der Waals surface area (Å²) >= 11 is 0. The molecule has 0 aromatic heterocycles. The van der Waals surface area contributed by atoms with Crippen LogP contribution in [0.5, 0.6) is 0 Å². The SMILES string of the molecule is Nc1ccc(CN2CCCC(CCO)C2)cc1F. The molecule has 1 aliphatic heterocycles. The third kappa shape index (κ3) is 3.43. The summed E-state index contributed by atoms with van der Waals surface area (Å²) in [7, 11) is 0. The molecule has 1 unspecified atom stereocenters. The number of anilines is 1.